The van der Waals surface area contributed by atoms with E-state index in [1.54, 1.807) is 13.4 Å². The van der Waals surface area contributed by atoms with Gasteiger partial charge in [-0.05, 0) is 41.0 Å². The molecule has 4 rings (SSSR count). The Labute approximate surface area is 182 Å². The molecule has 0 saturated carbocycles. The van der Waals surface area contributed by atoms with Gasteiger partial charge in [-0.3, -0.25) is 0 Å². The minimum atomic E-state index is -0.796. The van der Waals surface area contributed by atoms with Crippen molar-refractivity contribution in [3.63, 3.8) is 0 Å². The smallest absolute Gasteiger partial charge is 0.123 e. The van der Waals surface area contributed by atoms with Crippen molar-refractivity contribution in [2.24, 2.45) is 7.05 Å². The number of methoxy groups -OCH3 is 1. The standard InChI is InChI=1S/C26H26N2O3/c1-28-18-27-25(26(29)21-10-14-22(30-2)15-11-21)24(28)16-19-8-12-23(13-9-19)31-17-20-6-4-3-5-7-20/h3-15,18,26,29H,16-17H2,1-2H3. The minimum Gasteiger partial charge on any atom is -0.497 e. The van der Waals surface area contributed by atoms with Gasteiger partial charge in [0, 0.05) is 19.2 Å². The molecule has 5 heteroatoms. The van der Waals surface area contributed by atoms with Gasteiger partial charge in [-0.2, -0.15) is 0 Å². The summed E-state index contributed by atoms with van der Waals surface area (Å²) >= 11 is 0. The molecule has 0 aliphatic heterocycles. The number of aromatic nitrogens is 2. The van der Waals surface area contributed by atoms with Gasteiger partial charge >= 0.3 is 0 Å². The average molecular weight is 415 g/mol. The maximum atomic E-state index is 10.9. The molecule has 1 aromatic heterocycles. The summed E-state index contributed by atoms with van der Waals surface area (Å²) in [5, 5.41) is 10.9. The van der Waals surface area contributed by atoms with Crippen LogP contribution in [0.5, 0.6) is 11.5 Å². The molecule has 158 valence electrons. The lowest BCUT2D eigenvalue weighted by Crippen LogP contribution is -2.07. The van der Waals surface area contributed by atoms with Crippen LogP contribution >= 0.6 is 0 Å². The number of ether oxygens (including phenoxy) is 2. The van der Waals surface area contributed by atoms with E-state index in [4.69, 9.17) is 9.47 Å². The molecule has 0 radical (unpaired) electrons. The fourth-order valence-corrected chi connectivity index (χ4v) is 3.50. The van der Waals surface area contributed by atoms with Gasteiger partial charge in [0.25, 0.3) is 0 Å². The Hall–Kier alpha value is -3.57. The number of hydrogen-bond acceptors (Lipinski definition) is 4. The summed E-state index contributed by atoms with van der Waals surface area (Å²) in [6.45, 7) is 0.542. The third-order valence-electron chi connectivity index (χ3n) is 5.33. The maximum Gasteiger partial charge on any atom is 0.123 e. The molecule has 4 aromatic rings. The van der Waals surface area contributed by atoms with Crippen molar-refractivity contribution in [3.8, 4) is 11.5 Å². The van der Waals surface area contributed by atoms with Gasteiger partial charge in [-0.1, -0.05) is 54.6 Å². The summed E-state index contributed by atoms with van der Waals surface area (Å²) in [6, 6.07) is 25.6. The second-order valence-electron chi connectivity index (χ2n) is 7.46. The van der Waals surface area contributed by atoms with Crippen molar-refractivity contribution in [2.75, 3.05) is 7.11 Å². The van der Waals surface area contributed by atoms with Gasteiger partial charge in [0.15, 0.2) is 0 Å². The van der Waals surface area contributed by atoms with Crippen LogP contribution in [0.15, 0.2) is 85.2 Å². The van der Waals surface area contributed by atoms with Crippen LogP contribution in [-0.2, 0) is 20.1 Å². The van der Waals surface area contributed by atoms with E-state index in [0.29, 0.717) is 18.7 Å². The Kier molecular flexibility index (Phi) is 6.34. The van der Waals surface area contributed by atoms with Gasteiger partial charge in [-0.15, -0.1) is 0 Å². The summed E-state index contributed by atoms with van der Waals surface area (Å²) in [5.41, 5.74) is 4.68. The molecule has 1 heterocycles. The van der Waals surface area contributed by atoms with Gasteiger partial charge < -0.3 is 19.1 Å². The fourth-order valence-electron chi connectivity index (χ4n) is 3.50. The zero-order valence-electron chi connectivity index (χ0n) is 17.7. The molecule has 5 nitrogen and oxygen atoms in total. The van der Waals surface area contributed by atoms with Crippen LogP contribution in [-0.4, -0.2) is 21.8 Å². The van der Waals surface area contributed by atoms with Crippen LogP contribution < -0.4 is 9.47 Å². The summed E-state index contributed by atoms with van der Waals surface area (Å²) in [6.07, 6.45) is 1.61. The normalized spacial score (nSPS) is 11.8. The molecule has 1 atom stereocenters. The predicted octanol–water partition coefficient (Wildman–Crippen LogP) is 4.68. The first-order chi connectivity index (χ1) is 15.1. The largest absolute Gasteiger partial charge is 0.497 e. The number of benzene rings is 3. The van der Waals surface area contributed by atoms with Crippen LogP contribution in [0.25, 0.3) is 0 Å². The highest BCUT2D eigenvalue weighted by Gasteiger charge is 2.19. The average Bonchev–Trinajstić information content (AvgIpc) is 3.19. The predicted molar refractivity (Wildman–Crippen MR) is 120 cm³/mol. The molecule has 0 aliphatic rings. The van der Waals surface area contributed by atoms with E-state index >= 15 is 0 Å². The lowest BCUT2D eigenvalue weighted by molar-refractivity contribution is 0.214. The van der Waals surface area contributed by atoms with E-state index in [-0.39, 0.29) is 0 Å². The SMILES string of the molecule is COc1ccc(C(O)c2ncn(C)c2Cc2ccc(OCc3ccccc3)cc2)cc1. The number of aryl methyl sites for hydroxylation is 1. The lowest BCUT2D eigenvalue weighted by atomic mass is 10.0. The van der Waals surface area contributed by atoms with Crippen LogP contribution in [0.2, 0.25) is 0 Å². The first-order valence-corrected chi connectivity index (χ1v) is 10.2. The molecular weight excluding hydrogens is 388 g/mol. The highest BCUT2D eigenvalue weighted by Crippen LogP contribution is 2.27. The monoisotopic (exact) mass is 414 g/mol. The van der Waals surface area contributed by atoms with E-state index in [9.17, 15) is 5.11 Å². The Morgan fingerprint density at radius 2 is 1.55 bits per heavy atom. The maximum absolute atomic E-state index is 10.9. The molecule has 1 N–H and O–H groups in total. The minimum absolute atomic E-state index is 0.542. The summed E-state index contributed by atoms with van der Waals surface area (Å²) in [5.74, 6) is 1.59. The van der Waals surface area contributed by atoms with E-state index in [1.807, 2.05) is 78.3 Å². The Morgan fingerprint density at radius 1 is 0.871 bits per heavy atom. The zero-order valence-corrected chi connectivity index (χ0v) is 17.7. The summed E-state index contributed by atoms with van der Waals surface area (Å²) in [4.78, 5) is 4.47. The van der Waals surface area contributed by atoms with E-state index in [0.717, 1.165) is 33.9 Å². The Bertz CT molecular complexity index is 1100. The number of imidazole rings is 1. The molecule has 0 bridgehead atoms. The van der Waals surface area contributed by atoms with Crippen molar-refractivity contribution in [1.29, 1.82) is 0 Å². The third kappa shape index (κ3) is 4.95. The molecule has 3 aromatic carbocycles. The first kappa shape index (κ1) is 20.7. The van der Waals surface area contributed by atoms with Crippen molar-refractivity contribution >= 4 is 0 Å². The van der Waals surface area contributed by atoms with Crippen LogP contribution in [0.4, 0.5) is 0 Å². The highest BCUT2D eigenvalue weighted by molar-refractivity contribution is 5.36. The first-order valence-electron chi connectivity index (χ1n) is 10.2. The van der Waals surface area contributed by atoms with Gasteiger partial charge in [0.1, 0.15) is 24.2 Å². The summed E-state index contributed by atoms with van der Waals surface area (Å²) in [7, 11) is 3.57. The second-order valence-corrected chi connectivity index (χ2v) is 7.46. The number of aliphatic hydroxyl groups excluding tert-OH is 1. The van der Waals surface area contributed by atoms with Gasteiger partial charge in [-0.25, -0.2) is 4.98 Å². The van der Waals surface area contributed by atoms with Crippen LogP contribution in [0.3, 0.4) is 0 Å². The van der Waals surface area contributed by atoms with Crippen molar-refractivity contribution in [3.05, 3.63) is 113 Å². The quantitative estimate of drug-likeness (QED) is 0.455. The zero-order chi connectivity index (χ0) is 21.6. The highest BCUT2D eigenvalue weighted by atomic mass is 16.5. The number of aliphatic hydroxyl groups is 1. The molecular formula is C26H26N2O3. The van der Waals surface area contributed by atoms with E-state index in [1.165, 1.54) is 0 Å². The Morgan fingerprint density at radius 3 is 2.23 bits per heavy atom. The summed E-state index contributed by atoms with van der Waals surface area (Å²) < 4.78 is 13.0. The molecule has 0 fully saturated rings. The van der Waals surface area contributed by atoms with Crippen LogP contribution in [0, 0.1) is 0 Å². The van der Waals surface area contributed by atoms with Gasteiger partial charge in [0.05, 0.1) is 19.1 Å². The van der Waals surface area contributed by atoms with E-state index < -0.39 is 6.10 Å². The molecule has 0 saturated heterocycles. The lowest BCUT2D eigenvalue weighted by Gasteiger charge is -2.13. The number of hydrogen-bond donors (Lipinski definition) is 1. The van der Waals surface area contributed by atoms with Crippen molar-refractivity contribution in [2.45, 2.75) is 19.1 Å². The fraction of sp³-hybridized carbons (Fsp3) is 0.192. The molecule has 31 heavy (non-hydrogen) atoms. The Balaban J connectivity index is 1.46. The third-order valence-corrected chi connectivity index (χ3v) is 5.33. The number of rotatable bonds is 8. The van der Waals surface area contributed by atoms with Crippen molar-refractivity contribution < 1.29 is 14.6 Å². The van der Waals surface area contributed by atoms with E-state index in [2.05, 4.69) is 17.1 Å². The molecule has 0 aliphatic carbocycles. The van der Waals surface area contributed by atoms with Gasteiger partial charge in [0.2, 0.25) is 0 Å². The van der Waals surface area contributed by atoms with Crippen molar-refractivity contribution in [1.82, 2.24) is 9.55 Å². The van der Waals surface area contributed by atoms with Crippen LogP contribution in [0.1, 0.15) is 34.2 Å². The molecule has 1 unspecified atom stereocenters. The second kappa shape index (κ2) is 9.49. The number of nitrogens with zero attached hydrogens (tertiary/aromatic N) is 2. The topological polar surface area (TPSA) is 56.5 Å². The molecule has 0 spiro atoms. The molecule has 0 amide bonds.